The highest BCUT2D eigenvalue weighted by molar-refractivity contribution is 7.91. The van der Waals surface area contributed by atoms with Gasteiger partial charge in [0.05, 0.1) is 29.1 Å². The highest BCUT2D eigenvalue weighted by atomic mass is 32.2. The second-order valence-electron chi connectivity index (χ2n) is 3.62. The van der Waals surface area contributed by atoms with E-state index >= 15 is 0 Å². The fourth-order valence-corrected chi connectivity index (χ4v) is 2.05. The Kier molecular flexibility index (Phi) is 3.19. The van der Waals surface area contributed by atoms with Gasteiger partial charge in [-0.2, -0.15) is 0 Å². The molecule has 0 spiro atoms. The van der Waals surface area contributed by atoms with Gasteiger partial charge in [-0.25, -0.2) is 8.42 Å². The lowest BCUT2D eigenvalue weighted by atomic mass is 10.2. The van der Waals surface area contributed by atoms with Gasteiger partial charge in [0.15, 0.2) is 9.84 Å². The van der Waals surface area contributed by atoms with Gasteiger partial charge in [-0.15, -0.1) is 0 Å². The van der Waals surface area contributed by atoms with Crippen LogP contribution in [0.1, 0.15) is 5.69 Å². The van der Waals surface area contributed by atoms with Crippen LogP contribution < -0.4 is 0 Å². The third-order valence-corrected chi connectivity index (χ3v) is 2.84. The molecule has 0 fully saturated rings. The lowest BCUT2D eigenvalue weighted by Gasteiger charge is -2.02. The van der Waals surface area contributed by atoms with Gasteiger partial charge in [-0.1, -0.05) is 12.1 Å². The van der Waals surface area contributed by atoms with Gasteiger partial charge in [0.2, 0.25) is 0 Å². The van der Waals surface area contributed by atoms with Gasteiger partial charge in [-0.05, 0) is 24.3 Å². The number of nitrogens with zero attached hydrogens (tertiary/aromatic N) is 2. The summed E-state index contributed by atoms with van der Waals surface area (Å²) in [5, 5.41) is 0. The van der Waals surface area contributed by atoms with Crippen molar-refractivity contribution in [3.8, 4) is 11.4 Å². The predicted molar refractivity (Wildman–Crippen MR) is 65.4 cm³/mol. The molecule has 2 heterocycles. The number of hydrogen-bond donors (Lipinski definition) is 0. The SMILES string of the molecule is [CH2]S(=O)(=O)Cc1cccc(-c2ccccn2)n1. The van der Waals surface area contributed by atoms with E-state index in [1.807, 2.05) is 18.2 Å². The van der Waals surface area contributed by atoms with Crippen LogP contribution in [0.25, 0.3) is 11.4 Å². The quantitative estimate of drug-likeness (QED) is 0.830. The Balaban J connectivity index is 2.36. The minimum atomic E-state index is -3.31. The molecule has 0 amide bonds. The molecule has 1 radical (unpaired) electrons. The van der Waals surface area contributed by atoms with E-state index in [0.717, 1.165) is 5.69 Å². The molecule has 0 N–H and O–H groups in total. The van der Waals surface area contributed by atoms with Gasteiger partial charge in [-0.3, -0.25) is 9.97 Å². The van der Waals surface area contributed by atoms with E-state index in [4.69, 9.17) is 0 Å². The first-order valence-electron chi connectivity index (χ1n) is 4.98. The molecule has 87 valence electrons. The third-order valence-electron chi connectivity index (χ3n) is 2.10. The zero-order chi connectivity index (χ0) is 12.3. The van der Waals surface area contributed by atoms with Crippen LogP contribution in [0.3, 0.4) is 0 Å². The maximum Gasteiger partial charge on any atom is 0.156 e. The van der Waals surface area contributed by atoms with Crippen LogP contribution >= 0.6 is 0 Å². The number of aromatic nitrogens is 2. The molecule has 0 aliphatic heterocycles. The fourth-order valence-electron chi connectivity index (χ4n) is 1.44. The Morgan fingerprint density at radius 3 is 2.47 bits per heavy atom. The van der Waals surface area contributed by atoms with Crippen molar-refractivity contribution in [1.29, 1.82) is 0 Å². The normalized spacial score (nSPS) is 11.4. The maximum atomic E-state index is 11.1. The summed E-state index contributed by atoms with van der Waals surface area (Å²) in [6, 6.07) is 10.7. The van der Waals surface area contributed by atoms with Crippen molar-refractivity contribution in [2.75, 3.05) is 0 Å². The van der Waals surface area contributed by atoms with Gasteiger partial charge in [0.1, 0.15) is 0 Å². The summed E-state index contributed by atoms with van der Waals surface area (Å²) in [7, 11) is -3.31. The maximum absolute atomic E-state index is 11.1. The van der Waals surface area contributed by atoms with Crippen LogP contribution in [0.5, 0.6) is 0 Å². The molecule has 2 rings (SSSR count). The van der Waals surface area contributed by atoms with Crippen molar-refractivity contribution in [2.24, 2.45) is 0 Å². The fraction of sp³-hybridized carbons (Fsp3) is 0.0833. The summed E-state index contributed by atoms with van der Waals surface area (Å²) in [4.78, 5) is 8.41. The van der Waals surface area contributed by atoms with Crippen molar-refractivity contribution in [3.05, 3.63) is 54.5 Å². The molecular weight excluding hydrogens is 236 g/mol. The van der Waals surface area contributed by atoms with Crippen LogP contribution in [0.15, 0.2) is 42.6 Å². The number of sulfone groups is 1. The number of rotatable bonds is 3. The molecule has 0 bridgehead atoms. The Labute approximate surface area is 100 Å². The lowest BCUT2D eigenvalue weighted by molar-refractivity contribution is 0.603. The molecular formula is C12H11N2O2S. The van der Waals surface area contributed by atoms with Gasteiger partial charge in [0.25, 0.3) is 0 Å². The van der Waals surface area contributed by atoms with Gasteiger partial charge in [0, 0.05) is 6.20 Å². The standard InChI is InChI=1S/C12H11N2O2S/c1-17(15,16)9-10-5-4-7-12(14-10)11-6-2-3-8-13-11/h2-8H,1,9H2. The molecule has 5 heteroatoms. The third kappa shape index (κ3) is 3.35. The van der Waals surface area contributed by atoms with Crippen molar-refractivity contribution in [3.63, 3.8) is 0 Å². The van der Waals surface area contributed by atoms with E-state index in [1.54, 1.807) is 24.4 Å². The van der Waals surface area contributed by atoms with Crippen molar-refractivity contribution >= 4 is 9.84 Å². The first kappa shape index (κ1) is 11.7. The molecule has 0 aliphatic carbocycles. The zero-order valence-electron chi connectivity index (χ0n) is 9.07. The van der Waals surface area contributed by atoms with Crippen LogP contribution in [0.4, 0.5) is 0 Å². The van der Waals surface area contributed by atoms with Crippen LogP contribution in [-0.4, -0.2) is 18.4 Å². The summed E-state index contributed by atoms with van der Waals surface area (Å²) in [6.07, 6.45) is 4.75. The van der Waals surface area contributed by atoms with Crippen LogP contribution in [-0.2, 0) is 15.6 Å². The van der Waals surface area contributed by atoms with E-state index < -0.39 is 9.84 Å². The largest absolute Gasteiger partial charge is 0.255 e. The molecule has 0 atom stereocenters. The van der Waals surface area contributed by atoms with E-state index in [2.05, 4.69) is 16.2 Å². The molecule has 4 nitrogen and oxygen atoms in total. The Bertz CT molecular complexity index is 609. The molecule has 2 aromatic rings. The summed E-state index contributed by atoms with van der Waals surface area (Å²) in [5.74, 6) is -0.159. The first-order valence-corrected chi connectivity index (χ1v) is 6.80. The van der Waals surface area contributed by atoms with Crippen molar-refractivity contribution in [2.45, 2.75) is 5.75 Å². The molecule has 0 aromatic carbocycles. The highest BCUT2D eigenvalue weighted by Gasteiger charge is 2.07. The predicted octanol–water partition coefficient (Wildman–Crippen LogP) is 1.85. The average molecular weight is 247 g/mol. The van der Waals surface area contributed by atoms with E-state index in [1.165, 1.54) is 0 Å². The van der Waals surface area contributed by atoms with Gasteiger partial charge >= 0.3 is 0 Å². The molecule has 17 heavy (non-hydrogen) atoms. The Morgan fingerprint density at radius 1 is 1.06 bits per heavy atom. The monoisotopic (exact) mass is 247 g/mol. The summed E-state index contributed by atoms with van der Waals surface area (Å²) < 4.78 is 22.2. The van der Waals surface area contributed by atoms with Crippen molar-refractivity contribution in [1.82, 2.24) is 9.97 Å². The Hall–Kier alpha value is -1.75. The summed E-state index contributed by atoms with van der Waals surface area (Å²) in [6.45, 7) is 0. The van der Waals surface area contributed by atoms with E-state index in [0.29, 0.717) is 11.4 Å². The second-order valence-corrected chi connectivity index (χ2v) is 5.39. The summed E-state index contributed by atoms with van der Waals surface area (Å²) >= 11 is 0. The van der Waals surface area contributed by atoms with Crippen molar-refractivity contribution < 1.29 is 8.42 Å². The molecule has 0 saturated heterocycles. The topological polar surface area (TPSA) is 59.9 Å². The minimum Gasteiger partial charge on any atom is -0.255 e. The minimum absolute atomic E-state index is 0.159. The number of pyridine rings is 2. The second kappa shape index (κ2) is 4.63. The number of hydrogen-bond acceptors (Lipinski definition) is 4. The van der Waals surface area contributed by atoms with Crippen LogP contribution in [0.2, 0.25) is 0 Å². The smallest absolute Gasteiger partial charge is 0.156 e. The highest BCUT2D eigenvalue weighted by Crippen LogP contribution is 2.14. The van der Waals surface area contributed by atoms with E-state index in [-0.39, 0.29) is 5.75 Å². The first-order chi connectivity index (χ1) is 8.04. The molecule has 0 unspecified atom stereocenters. The van der Waals surface area contributed by atoms with Crippen LogP contribution in [0, 0.1) is 6.26 Å². The summed E-state index contributed by atoms with van der Waals surface area (Å²) in [5.41, 5.74) is 1.85. The van der Waals surface area contributed by atoms with E-state index in [9.17, 15) is 8.42 Å². The van der Waals surface area contributed by atoms with Gasteiger partial charge < -0.3 is 0 Å². The molecule has 0 saturated carbocycles. The Morgan fingerprint density at radius 2 is 1.82 bits per heavy atom. The average Bonchev–Trinajstić information content (AvgIpc) is 2.28. The molecule has 2 aromatic heterocycles. The zero-order valence-corrected chi connectivity index (χ0v) is 9.89. The molecule has 0 aliphatic rings. The lowest BCUT2D eigenvalue weighted by Crippen LogP contribution is -2.01.